The minimum Gasteiger partial charge on any atom is -0.459 e. The lowest BCUT2D eigenvalue weighted by atomic mass is 10.0. The molecule has 1 heterocycles. The number of nitrogens with one attached hydrogen (secondary N) is 3. The van der Waals surface area contributed by atoms with Gasteiger partial charge in [-0.3, -0.25) is 14.8 Å². The van der Waals surface area contributed by atoms with E-state index in [2.05, 4.69) is 10.3 Å². The summed E-state index contributed by atoms with van der Waals surface area (Å²) in [5.74, 6) is -0.884. The number of hydrogen-bond donors (Lipinski definition) is 4. The molecule has 3 aromatic rings. The van der Waals surface area contributed by atoms with E-state index < -0.39 is 17.6 Å². The van der Waals surface area contributed by atoms with Crippen LogP contribution in [-0.4, -0.2) is 33.7 Å². The number of esters is 1. The van der Waals surface area contributed by atoms with E-state index in [1.807, 2.05) is 75.5 Å². The van der Waals surface area contributed by atoms with Crippen LogP contribution in [0.25, 0.3) is 17.0 Å². The van der Waals surface area contributed by atoms with Crippen LogP contribution in [0.2, 0.25) is 0 Å². The van der Waals surface area contributed by atoms with Gasteiger partial charge in [-0.25, -0.2) is 5.48 Å². The number of aromatic nitrogens is 1. The second-order valence-corrected chi connectivity index (χ2v) is 8.58. The Balaban J connectivity index is 1.72. The molecule has 32 heavy (non-hydrogen) atoms. The number of hydroxylamine groups is 1. The Morgan fingerprint density at radius 1 is 1.12 bits per heavy atom. The summed E-state index contributed by atoms with van der Waals surface area (Å²) in [5.41, 5.74) is 4.86. The minimum absolute atomic E-state index is 0.294. The van der Waals surface area contributed by atoms with E-state index in [9.17, 15) is 9.59 Å². The Morgan fingerprint density at radius 2 is 1.84 bits per heavy atom. The third-order valence-electron chi connectivity index (χ3n) is 4.86. The number of aromatic amines is 1. The van der Waals surface area contributed by atoms with Gasteiger partial charge in [0, 0.05) is 36.1 Å². The molecule has 1 aromatic heterocycles. The maximum Gasteiger partial charge on any atom is 0.324 e. The summed E-state index contributed by atoms with van der Waals surface area (Å²) >= 11 is 0. The molecule has 0 bridgehead atoms. The number of amides is 1. The summed E-state index contributed by atoms with van der Waals surface area (Å²) in [6.45, 7) is 6.05. The Morgan fingerprint density at radius 3 is 2.53 bits per heavy atom. The average molecular weight is 436 g/mol. The lowest BCUT2D eigenvalue weighted by Gasteiger charge is -2.24. The maximum atomic E-state index is 12.9. The Kier molecular flexibility index (Phi) is 7.45. The fraction of sp³-hybridized carbons (Fsp3) is 0.280. The highest BCUT2D eigenvalue weighted by molar-refractivity contribution is 5.90. The highest BCUT2D eigenvalue weighted by Crippen LogP contribution is 2.20. The second kappa shape index (κ2) is 10.3. The minimum atomic E-state index is -0.590. The van der Waals surface area contributed by atoms with Crippen molar-refractivity contribution in [1.29, 1.82) is 0 Å². The number of hydrogen-bond acceptors (Lipinski definition) is 5. The summed E-state index contributed by atoms with van der Waals surface area (Å²) in [6.07, 6.45) is 5.28. The predicted molar refractivity (Wildman–Crippen MR) is 124 cm³/mol. The zero-order valence-corrected chi connectivity index (χ0v) is 18.5. The number of para-hydroxylation sites is 1. The fourth-order valence-corrected chi connectivity index (χ4v) is 3.33. The molecule has 1 unspecified atom stereocenters. The maximum absolute atomic E-state index is 12.9. The van der Waals surface area contributed by atoms with Crippen LogP contribution in [0.15, 0.2) is 60.8 Å². The number of fused-ring (bicyclic) bond motifs is 1. The van der Waals surface area contributed by atoms with Crippen molar-refractivity contribution in [2.45, 2.75) is 45.4 Å². The van der Waals surface area contributed by atoms with Crippen LogP contribution in [-0.2, 0) is 27.3 Å². The first-order valence-electron chi connectivity index (χ1n) is 10.5. The number of benzene rings is 2. The van der Waals surface area contributed by atoms with Crippen molar-refractivity contribution in [3.8, 4) is 0 Å². The van der Waals surface area contributed by atoms with Crippen molar-refractivity contribution in [3.05, 3.63) is 77.5 Å². The Labute approximate surface area is 187 Å². The lowest BCUT2D eigenvalue weighted by molar-refractivity contribution is -0.157. The zero-order chi connectivity index (χ0) is 23.1. The number of rotatable bonds is 8. The zero-order valence-electron chi connectivity index (χ0n) is 18.5. The van der Waals surface area contributed by atoms with Crippen LogP contribution in [0, 0.1) is 0 Å². The Hall–Kier alpha value is -3.42. The molecule has 0 aliphatic heterocycles. The second-order valence-electron chi connectivity index (χ2n) is 8.58. The number of H-pyrrole nitrogens is 1. The van der Waals surface area contributed by atoms with Gasteiger partial charge in [0.1, 0.15) is 11.6 Å². The smallest absolute Gasteiger partial charge is 0.324 e. The molecule has 0 saturated carbocycles. The molecular formula is C25H29N3O4. The fourth-order valence-electron chi connectivity index (χ4n) is 3.33. The molecule has 0 radical (unpaired) electrons. The van der Waals surface area contributed by atoms with E-state index in [-0.39, 0.29) is 5.97 Å². The molecular weight excluding hydrogens is 406 g/mol. The first-order valence-corrected chi connectivity index (χ1v) is 10.5. The van der Waals surface area contributed by atoms with E-state index in [0.717, 1.165) is 27.6 Å². The van der Waals surface area contributed by atoms with Crippen molar-refractivity contribution >= 4 is 28.9 Å². The number of carbonyl (C=O) groups is 2. The van der Waals surface area contributed by atoms with Gasteiger partial charge in [-0.1, -0.05) is 42.5 Å². The topological polar surface area (TPSA) is 103 Å². The SMILES string of the molecule is CC(C)(C)OC(=O)C(Cc1c[nH]c2ccccc12)NCc1ccc(C=CC(=O)NO)cc1. The normalized spacial score (nSPS) is 12.8. The standard InChI is InChI=1S/C25H29N3O4/c1-25(2,3)32-24(30)22(14-19-16-27-21-7-5-4-6-20(19)21)26-15-18-10-8-17(9-11-18)12-13-23(29)28-31/h4-13,16,22,26-27,31H,14-15H2,1-3H3,(H,28,29). The molecule has 3 rings (SSSR count). The van der Waals surface area contributed by atoms with Gasteiger partial charge in [-0.05, 0) is 49.6 Å². The molecule has 0 saturated heterocycles. The number of carbonyl (C=O) groups excluding carboxylic acids is 2. The van der Waals surface area contributed by atoms with Crippen LogP contribution >= 0.6 is 0 Å². The highest BCUT2D eigenvalue weighted by atomic mass is 16.6. The van der Waals surface area contributed by atoms with Gasteiger partial charge in [-0.15, -0.1) is 0 Å². The van der Waals surface area contributed by atoms with E-state index in [4.69, 9.17) is 9.94 Å². The van der Waals surface area contributed by atoms with Crippen molar-refractivity contribution < 1.29 is 19.5 Å². The van der Waals surface area contributed by atoms with Crippen molar-refractivity contribution in [1.82, 2.24) is 15.8 Å². The van der Waals surface area contributed by atoms with Crippen molar-refractivity contribution in [2.75, 3.05) is 0 Å². The molecule has 1 atom stereocenters. The lowest BCUT2D eigenvalue weighted by Crippen LogP contribution is -2.42. The van der Waals surface area contributed by atoms with Gasteiger partial charge >= 0.3 is 5.97 Å². The molecule has 2 aromatic carbocycles. The first-order chi connectivity index (χ1) is 15.2. The average Bonchev–Trinajstić information content (AvgIpc) is 3.17. The third kappa shape index (κ3) is 6.54. The van der Waals surface area contributed by atoms with Crippen LogP contribution < -0.4 is 10.8 Å². The molecule has 0 aliphatic carbocycles. The van der Waals surface area contributed by atoms with E-state index in [1.165, 1.54) is 6.08 Å². The van der Waals surface area contributed by atoms with Gasteiger partial charge in [-0.2, -0.15) is 0 Å². The molecule has 4 N–H and O–H groups in total. The monoisotopic (exact) mass is 435 g/mol. The van der Waals surface area contributed by atoms with Crippen LogP contribution in [0.3, 0.4) is 0 Å². The van der Waals surface area contributed by atoms with Gasteiger partial charge in [0.15, 0.2) is 0 Å². The molecule has 0 aliphatic rings. The van der Waals surface area contributed by atoms with E-state index in [1.54, 1.807) is 11.6 Å². The van der Waals surface area contributed by atoms with Gasteiger partial charge in [0.2, 0.25) is 0 Å². The summed E-state index contributed by atoms with van der Waals surface area (Å²) in [7, 11) is 0. The third-order valence-corrected chi connectivity index (χ3v) is 4.86. The molecule has 7 heteroatoms. The molecule has 0 fully saturated rings. The van der Waals surface area contributed by atoms with Crippen LogP contribution in [0.1, 0.15) is 37.5 Å². The van der Waals surface area contributed by atoms with Gasteiger partial charge in [0.05, 0.1) is 0 Å². The van der Waals surface area contributed by atoms with Crippen molar-refractivity contribution in [3.63, 3.8) is 0 Å². The summed E-state index contributed by atoms with van der Waals surface area (Å²) in [4.78, 5) is 27.3. The Bertz CT molecular complexity index is 1090. The predicted octanol–water partition coefficient (Wildman–Crippen LogP) is 3.73. The molecule has 7 nitrogen and oxygen atoms in total. The first kappa shape index (κ1) is 23.2. The van der Waals surface area contributed by atoms with Crippen LogP contribution in [0.5, 0.6) is 0 Å². The van der Waals surface area contributed by atoms with E-state index in [0.29, 0.717) is 13.0 Å². The largest absolute Gasteiger partial charge is 0.459 e. The quantitative estimate of drug-likeness (QED) is 0.187. The van der Waals surface area contributed by atoms with Crippen molar-refractivity contribution in [2.24, 2.45) is 0 Å². The summed E-state index contributed by atoms with van der Waals surface area (Å²) in [6, 6.07) is 15.0. The molecule has 1 amide bonds. The molecule has 168 valence electrons. The van der Waals surface area contributed by atoms with Gasteiger partial charge < -0.3 is 15.0 Å². The number of ether oxygens (including phenoxy) is 1. The molecule has 0 spiro atoms. The summed E-state index contributed by atoms with van der Waals surface area (Å²) < 4.78 is 5.65. The summed E-state index contributed by atoms with van der Waals surface area (Å²) in [5, 5.41) is 13.0. The van der Waals surface area contributed by atoms with Crippen LogP contribution in [0.4, 0.5) is 0 Å². The van der Waals surface area contributed by atoms with Gasteiger partial charge in [0.25, 0.3) is 5.91 Å². The highest BCUT2D eigenvalue weighted by Gasteiger charge is 2.26. The van der Waals surface area contributed by atoms with E-state index >= 15 is 0 Å².